The van der Waals surface area contributed by atoms with Gasteiger partial charge in [0, 0.05) is 38.4 Å². The van der Waals surface area contributed by atoms with Crippen molar-refractivity contribution in [3.63, 3.8) is 0 Å². The zero-order valence-corrected chi connectivity index (χ0v) is 9.12. The highest BCUT2D eigenvalue weighted by molar-refractivity contribution is 5.78. The van der Waals surface area contributed by atoms with Crippen LogP contribution in [0.5, 0.6) is 0 Å². The van der Waals surface area contributed by atoms with E-state index in [1.165, 1.54) is 0 Å². The minimum Gasteiger partial charge on any atom is -0.478 e. The molecule has 96 valence electrons. The molecule has 0 fully saturated rings. The van der Waals surface area contributed by atoms with Crippen molar-refractivity contribution in [3.05, 3.63) is 12.7 Å². The van der Waals surface area contributed by atoms with Gasteiger partial charge in [0.1, 0.15) is 0 Å². The molecular weight excluding hydrogens is 216 g/mol. The zero-order valence-electron chi connectivity index (χ0n) is 9.12. The highest BCUT2D eigenvalue weighted by Gasteiger charge is 2.18. The minimum atomic E-state index is -0.981. The Balaban J connectivity index is 0. The molecule has 6 nitrogen and oxygen atoms in total. The third-order valence-electron chi connectivity index (χ3n) is 2.04. The topological polar surface area (TPSA) is 118 Å². The first-order valence-electron chi connectivity index (χ1n) is 4.86. The summed E-state index contributed by atoms with van der Waals surface area (Å²) in [5.74, 6) is -1.49. The molecule has 5 N–H and O–H groups in total. The molecule has 0 aliphatic carbocycles. The van der Waals surface area contributed by atoms with Crippen LogP contribution in [-0.4, -0.2) is 57.9 Å². The first-order chi connectivity index (χ1) is 7.56. The Labute approximate surface area is 94.5 Å². The zero-order chi connectivity index (χ0) is 13.0. The van der Waals surface area contributed by atoms with E-state index in [4.69, 9.17) is 25.5 Å². The Hall–Kier alpha value is -0.950. The first kappa shape index (κ1) is 17.4. The number of aliphatic hydroxyl groups is 4. The van der Waals surface area contributed by atoms with E-state index in [1.807, 2.05) is 0 Å². The molecule has 6 heteroatoms. The third kappa shape index (κ3) is 9.60. The summed E-state index contributed by atoms with van der Waals surface area (Å²) < 4.78 is 0. The fourth-order valence-corrected chi connectivity index (χ4v) is 0.998. The summed E-state index contributed by atoms with van der Waals surface area (Å²) >= 11 is 0. The molecule has 0 saturated carbocycles. The summed E-state index contributed by atoms with van der Waals surface area (Å²) in [6, 6.07) is 0. The van der Waals surface area contributed by atoms with Crippen LogP contribution in [0, 0.1) is 11.8 Å². The summed E-state index contributed by atoms with van der Waals surface area (Å²) in [5.41, 5.74) is 0. The maximum absolute atomic E-state index is 9.25. The molecule has 0 aliphatic rings. The van der Waals surface area contributed by atoms with Gasteiger partial charge in [-0.3, -0.25) is 0 Å². The van der Waals surface area contributed by atoms with E-state index in [0.717, 1.165) is 6.08 Å². The standard InChI is InChI=1S/C7H16O4.C3H4O2/c8-2-1-6(3-9)7(4-10)5-11;1-2-3(4)5/h6-11H,1-5H2;2H,1H2,(H,4,5). The predicted molar refractivity (Wildman–Crippen MR) is 57.8 cm³/mol. The molecule has 0 amide bonds. The van der Waals surface area contributed by atoms with Crippen LogP contribution in [0.4, 0.5) is 0 Å². The van der Waals surface area contributed by atoms with Crippen LogP contribution < -0.4 is 0 Å². The summed E-state index contributed by atoms with van der Waals surface area (Å²) in [4.78, 5) is 9.25. The summed E-state index contributed by atoms with van der Waals surface area (Å²) in [7, 11) is 0. The van der Waals surface area contributed by atoms with Crippen LogP contribution in [0.3, 0.4) is 0 Å². The molecule has 0 bridgehead atoms. The second-order valence-corrected chi connectivity index (χ2v) is 3.12. The van der Waals surface area contributed by atoms with Crippen LogP contribution >= 0.6 is 0 Å². The molecule has 0 spiro atoms. The van der Waals surface area contributed by atoms with Crippen LogP contribution in [0.1, 0.15) is 6.42 Å². The molecule has 16 heavy (non-hydrogen) atoms. The van der Waals surface area contributed by atoms with Crippen molar-refractivity contribution < 1.29 is 30.3 Å². The number of rotatable bonds is 7. The van der Waals surface area contributed by atoms with E-state index >= 15 is 0 Å². The molecule has 1 unspecified atom stereocenters. The number of aliphatic carboxylic acids is 1. The normalized spacial score (nSPS) is 11.6. The minimum absolute atomic E-state index is 0.0261. The maximum atomic E-state index is 9.25. The van der Waals surface area contributed by atoms with Gasteiger partial charge in [-0.2, -0.15) is 0 Å². The van der Waals surface area contributed by atoms with Crippen molar-refractivity contribution >= 4 is 5.97 Å². The van der Waals surface area contributed by atoms with Crippen molar-refractivity contribution in [2.24, 2.45) is 11.8 Å². The predicted octanol–water partition coefficient (Wildman–Crippen LogP) is -1.16. The van der Waals surface area contributed by atoms with Crippen LogP contribution in [0.15, 0.2) is 12.7 Å². The molecule has 0 aromatic rings. The van der Waals surface area contributed by atoms with E-state index < -0.39 is 5.97 Å². The lowest BCUT2D eigenvalue weighted by Crippen LogP contribution is -2.26. The number of carboxylic acids is 1. The fraction of sp³-hybridized carbons (Fsp3) is 0.700. The molecule has 1 atom stereocenters. The molecule has 0 radical (unpaired) electrons. The largest absolute Gasteiger partial charge is 0.478 e. The fourth-order valence-electron chi connectivity index (χ4n) is 0.998. The highest BCUT2D eigenvalue weighted by atomic mass is 16.4. The van der Waals surface area contributed by atoms with Gasteiger partial charge in [0.2, 0.25) is 0 Å². The lowest BCUT2D eigenvalue weighted by Gasteiger charge is -2.20. The summed E-state index contributed by atoms with van der Waals surface area (Å²) in [6.07, 6.45) is 1.25. The Kier molecular flexibility index (Phi) is 13.2. The van der Waals surface area contributed by atoms with Crippen molar-refractivity contribution in [2.45, 2.75) is 6.42 Å². The van der Waals surface area contributed by atoms with Crippen LogP contribution in [0.25, 0.3) is 0 Å². The van der Waals surface area contributed by atoms with Crippen molar-refractivity contribution in [3.8, 4) is 0 Å². The van der Waals surface area contributed by atoms with E-state index in [9.17, 15) is 4.79 Å². The Morgan fingerprint density at radius 2 is 1.44 bits per heavy atom. The second-order valence-electron chi connectivity index (χ2n) is 3.12. The molecular formula is C10H20O6. The van der Waals surface area contributed by atoms with Crippen LogP contribution in [-0.2, 0) is 4.79 Å². The molecule has 0 aromatic carbocycles. The number of hydrogen-bond acceptors (Lipinski definition) is 5. The first-order valence-corrected chi connectivity index (χ1v) is 4.86. The Bertz CT molecular complexity index is 178. The SMILES string of the molecule is C=CC(=O)O.OCCC(CO)C(CO)CO. The van der Waals surface area contributed by atoms with E-state index in [2.05, 4.69) is 6.58 Å². The Morgan fingerprint density at radius 1 is 1.06 bits per heavy atom. The number of carboxylic acid groups (broad SMARTS) is 1. The van der Waals surface area contributed by atoms with Crippen LogP contribution in [0.2, 0.25) is 0 Å². The molecule has 0 saturated heterocycles. The average molecular weight is 236 g/mol. The number of aliphatic hydroxyl groups excluding tert-OH is 4. The average Bonchev–Trinajstić information content (AvgIpc) is 2.30. The number of hydrogen-bond donors (Lipinski definition) is 5. The van der Waals surface area contributed by atoms with Gasteiger partial charge in [0.15, 0.2) is 0 Å². The van der Waals surface area contributed by atoms with E-state index in [0.29, 0.717) is 6.42 Å². The van der Waals surface area contributed by atoms with Gasteiger partial charge in [0.05, 0.1) is 0 Å². The van der Waals surface area contributed by atoms with Gasteiger partial charge in [0.25, 0.3) is 0 Å². The summed E-state index contributed by atoms with van der Waals surface area (Å²) in [5, 5.41) is 42.3. The highest BCUT2D eigenvalue weighted by Crippen LogP contribution is 2.13. The second kappa shape index (κ2) is 12.1. The molecule has 0 aliphatic heterocycles. The quantitative estimate of drug-likeness (QED) is 0.356. The van der Waals surface area contributed by atoms with Gasteiger partial charge in [-0.15, -0.1) is 0 Å². The van der Waals surface area contributed by atoms with Crippen molar-refractivity contribution in [2.75, 3.05) is 26.4 Å². The number of carbonyl (C=O) groups is 1. The lowest BCUT2D eigenvalue weighted by atomic mass is 9.92. The summed E-state index contributed by atoms with van der Waals surface area (Å²) in [6.45, 7) is 2.53. The maximum Gasteiger partial charge on any atom is 0.327 e. The lowest BCUT2D eigenvalue weighted by molar-refractivity contribution is -0.131. The van der Waals surface area contributed by atoms with Gasteiger partial charge < -0.3 is 25.5 Å². The van der Waals surface area contributed by atoms with E-state index in [1.54, 1.807) is 0 Å². The van der Waals surface area contributed by atoms with Gasteiger partial charge >= 0.3 is 5.97 Å². The van der Waals surface area contributed by atoms with Gasteiger partial charge in [-0.05, 0) is 12.3 Å². The van der Waals surface area contributed by atoms with Gasteiger partial charge in [-0.1, -0.05) is 6.58 Å². The Morgan fingerprint density at radius 3 is 1.62 bits per heavy atom. The monoisotopic (exact) mass is 236 g/mol. The molecule has 0 heterocycles. The molecule has 0 aromatic heterocycles. The third-order valence-corrected chi connectivity index (χ3v) is 2.04. The van der Waals surface area contributed by atoms with Crippen molar-refractivity contribution in [1.29, 1.82) is 0 Å². The van der Waals surface area contributed by atoms with Gasteiger partial charge in [-0.25, -0.2) is 4.79 Å². The smallest absolute Gasteiger partial charge is 0.327 e. The molecule has 0 rings (SSSR count). The van der Waals surface area contributed by atoms with Crippen molar-refractivity contribution in [1.82, 2.24) is 0 Å². The van der Waals surface area contributed by atoms with E-state index in [-0.39, 0.29) is 38.3 Å².